The van der Waals surface area contributed by atoms with E-state index in [4.69, 9.17) is 44.3 Å². The van der Waals surface area contributed by atoms with Gasteiger partial charge in [0.05, 0.1) is 18.8 Å². The van der Waals surface area contributed by atoms with Gasteiger partial charge in [-0.3, -0.25) is 9.89 Å². The number of carbonyl (C=O) groups excluding carboxylic acids is 1. The predicted molar refractivity (Wildman–Crippen MR) is 139 cm³/mol. The van der Waals surface area contributed by atoms with Crippen LogP contribution in [-0.4, -0.2) is 41.8 Å². The van der Waals surface area contributed by atoms with Crippen LogP contribution in [0.2, 0.25) is 0 Å². The van der Waals surface area contributed by atoms with E-state index in [1.54, 1.807) is 0 Å². The number of rotatable bonds is 8. The van der Waals surface area contributed by atoms with Gasteiger partial charge < -0.3 is 19.9 Å². The molecule has 4 rings (SSSR count). The Balaban J connectivity index is 1.50. The first-order valence-corrected chi connectivity index (χ1v) is 13.3. The van der Waals surface area contributed by atoms with Crippen LogP contribution in [0, 0.1) is 5.92 Å². The number of alkyl halides is 3. The summed E-state index contributed by atoms with van der Waals surface area (Å²) in [6.07, 6.45) is 0.515. The number of aliphatic hydroxyl groups is 1. The van der Waals surface area contributed by atoms with E-state index in [1.807, 2.05) is 48.5 Å². The zero-order valence-corrected chi connectivity index (χ0v) is 22.3. The number of nitrogens with zero attached hydrogens (tertiary/aromatic N) is 2. The molecule has 12 heteroatoms. The summed E-state index contributed by atoms with van der Waals surface area (Å²) in [5.74, 6) is 0.0162. The molecule has 1 saturated heterocycles. The lowest BCUT2D eigenvalue weighted by Gasteiger charge is -2.41. The molecule has 192 valence electrons. The third-order valence-electron chi connectivity index (χ3n) is 5.86. The Hall–Kier alpha value is -1.85. The van der Waals surface area contributed by atoms with E-state index in [2.05, 4.69) is 27.4 Å². The fourth-order valence-electron chi connectivity index (χ4n) is 3.81. The summed E-state index contributed by atoms with van der Waals surface area (Å²) >= 11 is 18.3. The number of nitrogens with one attached hydrogen (secondary N) is 2. The Morgan fingerprint density at radius 3 is 2.36 bits per heavy atom. The van der Waals surface area contributed by atoms with Crippen LogP contribution in [0.1, 0.15) is 41.6 Å². The molecule has 0 saturated carbocycles. The summed E-state index contributed by atoms with van der Waals surface area (Å²) in [7, 11) is 0. The van der Waals surface area contributed by atoms with E-state index in [-0.39, 0.29) is 31.3 Å². The second-order valence-electron chi connectivity index (χ2n) is 8.35. The van der Waals surface area contributed by atoms with Crippen molar-refractivity contribution in [3.8, 4) is 0 Å². The van der Waals surface area contributed by atoms with Gasteiger partial charge in [-0.2, -0.15) is 5.10 Å². The van der Waals surface area contributed by atoms with Crippen LogP contribution in [-0.2, 0) is 27.4 Å². The number of hydrogen-bond acceptors (Lipinski definition) is 7. The second-order valence-corrected chi connectivity index (χ2v) is 11.6. The maximum atomic E-state index is 11.8. The number of aliphatic hydroxyl groups excluding tert-OH is 1. The number of H-pyrrole nitrogens is 1. The minimum absolute atomic E-state index is 0.0159. The molecule has 0 spiro atoms. The van der Waals surface area contributed by atoms with Gasteiger partial charge in [0.15, 0.2) is 11.4 Å². The van der Waals surface area contributed by atoms with Crippen molar-refractivity contribution in [1.29, 1.82) is 0 Å². The first-order chi connectivity index (χ1) is 17.2. The van der Waals surface area contributed by atoms with Crippen molar-refractivity contribution in [2.75, 3.05) is 5.75 Å². The van der Waals surface area contributed by atoms with Crippen LogP contribution in [0.15, 0.2) is 60.0 Å². The number of carbonyl (C=O) groups is 1. The van der Waals surface area contributed by atoms with Crippen molar-refractivity contribution in [3.63, 3.8) is 0 Å². The van der Waals surface area contributed by atoms with Gasteiger partial charge in [0.25, 0.3) is 9.70 Å². The third-order valence-corrected chi connectivity index (χ3v) is 7.34. The Kier molecular flexibility index (Phi) is 9.16. The monoisotopic (exact) mass is 570 g/mol. The number of hydrogen-bond donors (Lipinski definition) is 3. The highest BCUT2D eigenvalue weighted by atomic mass is 35.6. The molecule has 2 aromatic carbocycles. The normalized spacial score (nSPS) is 22.4. The summed E-state index contributed by atoms with van der Waals surface area (Å²) in [4.78, 5) is 16.0. The van der Waals surface area contributed by atoms with Crippen LogP contribution in [0.25, 0.3) is 0 Å². The predicted octanol–water partition coefficient (Wildman–Crippen LogP) is 4.87. The molecule has 4 atom stereocenters. The SMILES string of the molecule is CC1C(CSc2ncn[nH]2)OC(c2ccc(CNC(=O)C(Cl)(Cl)Cl)cc2)OC1c1ccc(CO)cc1. The molecule has 1 amide bonds. The van der Waals surface area contributed by atoms with Crippen molar-refractivity contribution in [2.45, 2.75) is 47.5 Å². The molecular formula is C24H25Cl3N4O4S. The maximum Gasteiger partial charge on any atom is 0.272 e. The van der Waals surface area contributed by atoms with Crippen molar-refractivity contribution in [3.05, 3.63) is 77.1 Å². The quantitative estimate of drug-likeness (QED) is 0.261. The minimum Gasteiger partial charge on any atom is -0.392 e. The van der Waals surface area contributed by atoms with E-state index in [0.717, 1.165) is 27.4 Å². The van der Waals surface area contributed by atoms with Gasteiger partial charge in [-0.25, -0.2) is 4.98 Å². The van der Waals surface area contributed by atoms with Gasteiger partial charge in [-0.05, 0) is 16.7 Å². The molecule has 1 fully saturated rings. The Morgan fingerprint density at radius 2 is 1.75 bits per heavy atom. The Bertz CT molecular complexity index is 1130. The van der Waals surface area contributed by atoms with Crippen LogP contribution < -0.4 is 5.32 Å². The molecule has 0 bridgehead atoms. The van der Waals surface area contributed by atoms with Crippen LogP contribution in [0.5, 0.6) is 0 Å². The molecule has 3 N–H and O–H groups in total. The maximum absolute atomic E-state index is 11.8. The molecule has 1 aromatic heterocycles. The van der Waals surface area contributed by atoms with Crippen molar-refractivity contribution < 1.29 is 19.4 Å². The van der Waals surface area contributed by atoms with Crippen molar-refractivity contribution in [2.24, 2.45) is 5.92 Å². The van der Waals surface area contributed by atoms with E-state index in [1.165, 1.54) is 18.1 Å². The molecule has 0 radical (unpaired) electrons. The smallest absolute Gasteiger partial charge is 0.272 e. The van der Waals surface area contributed by atoms with Gasteiger partial charge >= 0.3 is 0 Å². The van der Waals surface area contributed by atoms with E-state index in [0.29, 0.717) is 5.75 Å². The van der Waals surface area contributed by atoms with Crippen molar-refractivity contribution in [1.82, 2.24) is 20.5 Å². The Labute approximate surface area is 228 Å². The number of amides is 1. The number of benzene rings is 2. The fraction of sp³-hybridized carbons (Fsp3) is 0.375. The minimum atomic E-state index is -2.01. The second kappa shape index (κ2) is 12.1. The molecule has 1 aliphatic heterocycles. The highest BCUT2D eigenvalue weighted by Crippen LogP contribution is 2.42. The first kappa shape index (κ1) is 27.2. The number of aromatic nitrogens is 3. The van der Waals surface area contributed by atoms with Gasteiger partial charge in [0, 0.05) is 23.8 Å². The lowest BCUT2D eigenvalue weighted by molar-refractivity contribution is -0.268. The molecule has 3 aromatic rings. The van der Waals surface area contributed by atoms with E-state index in [9.17, 15) is 9.90 Å². The first-order valence-electron chi connectivity index (χ1n) is 11.2. The summed E-state index contributed by atoms with van der Waals surface area (Å²) < 4.78 is 10.8. The van der Waals surface area contributed by atoms with E-state index >= 15 is 0 Å². The average molecular weight is 572 g/mol. The number of thioether (sulfide) groups is 1. The van der Waals surface area contributed by atoms with Gasteiger partial charge in [0.1, 0.15) is 6.33 Å². The topological polar surface area (TPSA) is 109 Å². The number of aromatic amines is 1. The molecule has 2 heterocycles. The number of ether oxygens (including phenoxy) is 2. The van der Waals surface area contributed by atoms with Crippen LogP contribution in [0.4, 0.5) is 0 Å². The zero-order chi connectivity index (χ0) is 25.7. The summed E-state index contributed by atoms with van der Waals surface area (Å²) in [6, 6.07) is 15.3. The zero-order valence-electron chi connectivity index (χ0n) is 19.2. The molecule has 8 nitrogen and oxygen atoms in total. The Morgan fingerprint density at radius 1 is 1.08 bits per heavy atom. The highest BCUT2D eigenvalue weighted by molar-refractivity contribution is 7.99. The molecule has 36 heavy (non-hydrogen) atoms. The average Bonchev–Trinajstić information content (AvgIpc) is 3.40. The van der Waals surface area contributed by atoms with Gasteiger partial charge in [-0.1, -0.05) is 102 Å². The van der Waals surface area contributed by atoms with Gasteiger partial charge in [0.2, 0.25) is 0 Å². The van der Waals surface area contributed by atoms with Crippen LogP contribution >= 0.6 is 46.6 Å². The lowest BCUT2D eigenvalue weighted by atomic mass is 9.91. The highest BCUT2D eigenvalue weighted by Gasteiger charge is 2.38. The molecule has 0 aliphatic carbocycles. The van der Waals surface area contributed by atoms with Gasteiger partial charge in [-0.15, -0.1) is 0 Å². The summed E-state index contributed by atoms with van der Waals surface area (Å²) in [5, 5.41) is 19.5. The van der Waals surface area contributed by atoms with Crippen LogP contribution in [0.3, 0.4) is 0 Å². The molecular weight excluding hydrogens is 547 g/mol. The fourth-order valence-corrected chi connectivity index (χ4v) is 4.95. The lowest BCUT2D eigenvalue weighted by Crippen LogP contribution is -2.38. The standard InChI is InChI=1S/C24H25Cl3N4O4S/c1-14-19(12-36-23-29-13-30-31-23)34-21(35-20(14)17-6-4-16(11-32)5-7-17)18-8-2-15(3-9-18)10-28-22(33)24(25,26)27/h2-9,13-14,19-21,32H,10-12H2,1H3,(H,28,33)(H,29,30,31). The van der Waals surface area contributed by atoms with E-state index < -0.39 is 16.0 Å². The summed E-state index contributed by atoms with van der Waals surface area (Å²) in [6.45, 7) is 2.30. The number of halogens is 3. The summed E-state index contributed by atoms with van der Waals surface area (Å²) in [5.41, 5.74) is 3.52. The van der Waals surface area contributed by atoms with Crippen molar-refractivity contribution >= 4 is 52.5 Å². The molecule has 1 aliphatic rings. The third kappa shape index (κ3) is 6.92. The molecule has 4 unspecified atom stereocenters. The largest absolute Gasteiger partial charge is 0.392 e.